The lowest BCUT2D eigenvalue weighted by molar-refractivity contribution is -0.127. The van der Waals surface area contributed by atoms with Crippen LogP contribution in [0.15, 0.2) is 18.2 Å². The fourth-order valence-corrected chi connectivity index (χ4v) is 1.46. The van der Waals surface area contributed by atoms with Gasteiger partial charge in [-0.1, -0.05) is 0 Å². The highest BCUT2D eigenvalue weighted by atomic mass is 16.5. The monoisotopic (exact) mass is 266 g/mol. The van der Waals surface area contributed by atoms with Gasteiger partial charge in [0.15, 0.2) is 6.10 Å². The normalized spacial score (nSPS) is 12.0. The van der Waals surface area contributed by atoms with Gasteiger partial charge in [0.25, 0.3) is 5.91 Å². The molecule has 19 heavy (non-hydrogen) atoms. The summed E-state index contributed by atoms with van der Waals surface area (Å²) in [6.07, 6.45) is -0.803. The Hall–Kier alpha value is -2.24. The molecule has 0 aliphatic heterocycles. The van der Waals surface area contributed by atoms with Gasteiger partial charge in [0.05, 0.1) is 0 Å². The smallest absolute Gasteiger partial charge is 0.339 e. The summed E-state index contributed by atoms with van der Waals surface area (Å²) in [6.45, 7) is 5.20. The summed E-state index contributed by atoms with van der Waals surface area (Å²) in [5, 5.41) is 11.7. The molecule has 0 aromatic heterocycles. The first-order valence-corrected chi connectivity index (χ1v) is 5.91. The molecule has 0 aliphatic carbocycles. The number of amides is 1. The summed E-state index contributed by atoms with van der Waals surface area (Å²) in [5.41, 5.74) is 5.93. The SMILES string of the molecule is CC(C)NC(=O)C(C)Oc1cc(N)ccc1C(=O)O. The van der Waals surface area contributed by atoms with Crippen LogP contribution in [0.5, 0.6) is 5.75 Å². The zero-order valence-electron chi connectivity index (χ0n) is 11.1. The van der Waals surface area contributed by atoms with Gasteiger partial charge < -0.3 is 20.9 Å². The highest BCUT2D eigenvalue weighted by Gasteiger charge is 2.19. The number of aromatic carboxylic acids is 1. The fraction of sp³-hybridized carbons (Fsp3) is 0.385. The van der Waals surface area contributed by atoms with Gasteiger partial charge in [-0.15, -0.1) is 0 Å². The maximum Gasteiger partial charge on any atom is 0.339 e. The topological polar surface area (TPSA) is 102 Å². The number of nitrogen functional groups attached to an aromatic ring is 1. The Bertz CT molecular complexity index is 486. The quantitative estimate of drug-likeness (QED) is 0.696. The molecule has 0 saturated heterocycles. The molecule has 1 rings (SSSR count). The molecule has 0 heterocycles. The van der Waals surface area contributed by atoms with Gasteiger partial charge in [-0.3, -0.25) is 4.79 Å². The molecule has 0 aliphatic rings. The van der Waals surface area contributed by atoms with Crippen molar-refractivity contribution in [3.05, 3.63) is 23.8 Å². The zero-order valence-corrected chi connectivity index (χ0v) is 11.1. The van der Waals surface area contributed by atoms with Crippen LogP contribution in [0, 0.1) is 0 Å². The number of carbonyl (C=O) groups is 2. The number of rotatable bonds is 5. The number of nitrogens with one attached hydrogen (secondary N) is 1. The van der Waals surface area contributed by atoms with Crippen molar-refractivity contribution in [2.45, 2.75) is 32.9 Å². The van der Waals surface area contributed by atoms with Crippen molar-refractivity contribution in [3.8, 4) is 5.75 Å². The van der Waals surface area contributed by atoms with Crippen LogP contribution in [-0.2, 0) is 4.79 Å². The van der Waals surface area contributed by atoms with E-state index in [4.69, 9.17) is 15.6 Å². The van der Waals surface area contributed by atoms with Crippen molar-refractivity contribution in [3.63, 3.8) is 0 Å². The van der Waals surface area contributed by atoms with Gasteiger partial charge >= 0.3 is 5.97 Å². The number of benzene rings is 1. The van der Waals surface area contributed by atoms with Crippen molar-refractivity contribution in [2.24, 2.45) is 0 Å². The first-order valence-electron chi connectivity index (χ1n) is 5.91. The second kappa shape index (κ2) is 6.08. The van der Waals surface area contributed by atoms with Gasteiger partial charge in [-0.25, -0.2) is 4.79 Å². The Morgan fingerprint density at radius 3 is 2.47 bits per heavy atom. The molecule has 6 nitrogen and oxygen atoms in total. The van der Waals surface area contributed by atoms with Crippen LogP contribution in [0.4, 0.5) is 5.69 Å². The maximum absolute atomic E-state index is 11.7. The van der Waals surface area contributed by atoms with Gasteiger partial charge in [0.2, 0.25) is 0 Å². The number of anilines is 1. The molecule has 1 aromatic carbocycles. The third-order valence-corrected chi connectivity index (χ3v) is 2.34. The van der Waals surface area contributed by atoms with E-state index in [1.165, 1.54) is 18.2 Å². The summed E-state index contributed by atoms with van der Waals surface area (Å²) >= 11 is 0. The van der Waals surface area contributed by atoms with E-state index in [0.29, 0.717) is 5.69 Å². The minimum Gasteiger partial charge on any atom is -0.480 e. The largest absolute Gasteiger partial charge is 0.480 e. The predicted molar refractivity (Wildman–Crippen MR) is 71.2 cm³/mol. The van der Waals surface area contributed by atoms with E-state index in [0.717, 1.165) is 0 Å². The summed E-state index contributed by atoms with van der Waals surface area (Å²) in [6, 6.07) is 4.19. The highest BCUT2D eigenvalue weighted by molar-refractivity contribution is 5.91. The van der Waals surface area contributed by atoms with E-state index >= 15 is 0 Å². The number of carboxylic acid groups (broad SMARTS) is 1. The molecule has 6 heteroatoms. The van der Waals surface area contributed by atoms with Crippen LogP contribution in [-0.4, -0.2) is 29.1 Å². The highest BCUT2D eigenvalue weighted by Crippen LogP contribution is 2.23. The van der Waals surface area contributed by atoms with Gasteiger partial charge in [0, 0.05) is 17.8 Å². The Morgan fingerprint density at radius 1 is 1.32 bits per heavy atom. The van der Waals surface area contributed by atoms with E-state index in [-0.39, 0.29) is 23.3 Å². The van der Waals surface area contributed by atoms with E-state index in [1.807, 2.05) is 13.8 Å². The Morgan fingerprint density at radius 2 is 1.95 bits per heavy atom. The number of nitrogens with two attached hydrogens (primary N) is 1. The Balaban J connectivity index is 2.89. The molecule has 1 aromatic rings. The number of hydrogen-bond donors (Lipinski definition) is 3. The second-order valence-electron chi connectivity index (χ2n) is 4.48. The molecular formula is C13H18N2O4. The van der Waals surface area contributed by atoms with Crippen molar-refractivity contribution in [2.75, 3.05) is 5.73 Å². The van der Waals surface area contributed by atoms with E-state index in [2.05, 4.69) is 5.32 Å². The van der Waals surface area contributed by atoms with E-state index in [1.54, 1.807) is 6.92 Å². The number of carbonyl (C=O) groups excluding carboxylic acids is 1. The van der Waals surface area contributed by atoms with Crippen LogP contribution in [0.3, 0.4) is 0 Å². The lowest BCUT2D eigenvalue weighted by Crippen LogP contribution is -2.40. The van der Waals surface area contributed by atoms with Gasteiger partial charge in [-0.2, -0.15) is 0 Å². The molecule has 1 atom stereocenters. The average molecular weight is 266 g/mol. The number of carboxylic acids is 1. The lowest BCUT2D eigenvalue weighted by atomic mass is 10.2. The zero-order chi connectivity index (χ0) is 14.6. The third kappa shape index (κ3) is 4.17. The van der Waals surface area contributed by atoms with Crippen LogP contribution >= 0.6 is 0 Å². The van der Waals surface area contributed by atoms with Crippen LogP contribution < -0.4 is 15.8 Å². The molecule has 104 valence electrons. The van der Waals surface area contributed by atoms with Crippen LogP contribution in [0.2, 0.25) is 0 Å². The van der Waals surface area contributed by atoms with Crippen molar-refractivity contribution in [1.29, 1.82) is 0 Å². The fourth-order valence-electron chi connectivity index (χ4n) is 1.46. The summed E-state index contributed by atoms with van der Waals surface area (Å²) < 4.78 is 5.38. The molecule has 1 amide bonds. The Kier molecular flexibility index (Phi) is 4.74. The molecule has 1 unspecified atom stereocenters. The Labute approximate surface area is 111 Å². The maximum atomic E-state index is 11.7. The number of hydrogen-bond acceptors (Lipinski definition) is 4. The van der Waals surface area contributed by atoms with Crippen LogP contribution in [0.25, 0.3) is 0 Å². The molecule has 0 radical (unpaired) electrons. The third-order valence-electron chi connectivity index (χ3n) is 2.34. The van der Waals surface area contributed by atoms with Crippen LogP contribution in [0.1, 0.15) is 31.1 Å². The number of ether oxygens (including phenoxy) is 1. The summed E-state index contributed by atoms with van der Waals surface area (Å²) in [5.74, 6) is -1.36. The average Bonchev–Trinajstić information content (AvgIpc) is 2.27. The van der Waals surface area contributed by atoms with Crippen molar-refractivity contribution < 1.29 is 19.4 Å². The molecule has 0 spiro atoms. The summed E-state index contributed by atoms with van der Waals surface area (Å²) in [7, 11) is 0. The molecule has 0 saturated carbocycles. The predicted octanol–water partition coefficient (Wildman–Crippen LogP) is 1.26. The minimum absolute atomic E-state index is 0.0154. The van der Waals surface area contributed by atoms with Gasteiger partial charge in [-0.05, 0) is 32.9 Å². The molecule has 0 fully saturated rings. The summed E-state index contributed by atoms with van der Waals surface area (Å²) in [4.78, 5) is 22.7. The molecule has 0 bridgehead atoms. The molecule has 4 N–H and O–H groups in total. The van der Waals surface area contributed by atoms with Crippen molar-refractivity contribution in [1.82, 2.24) is 5.32 Å². The first-order chi connectivity index (χ1) is 8.81. The van der Waals surface area contributed by atoms with E-state index in [9.17, 15) is 9.59 Å². The van der Waals surface area contributed by atoms with Crippen molar-refractivity contribution >= 4 is 17.6 Å². The second-order valence-corrected chi connectivity index (χ2v) is 4.48. The minimum atomic E-state index is -1.13. The standard InChI is InChI=1S/C13H18N2O4/c1-7(2)15-12(16)8(3)19-11-6-9(14)4-5-10(11)13(17)18/h4-8H,14H2,1-3H3,(H,15,16)(H,17,18). The first kappa shape index (κ1) is 14.8. The molecular weight excluding hydrogens is 248 g/mol. The van der Waals surface area contributed by atoms with E-state index < -0.39 is 12.1 Å². The van der Waals surface area contributed by atoms with Gasteiger partial charge in [0.1, 0.15) is 11.3 Å². The lowest BCUT2D eigenvalue weighted by Gasteiger charge is -2.17.